The maximum absolute atomic E-state index is 13.2. The van der Waals surface area contributed by atoms with Crippen LogP contribution in [0.1, 0.15) is 64.7 Å². The zero-order valence-corrected chi connectivity index (χ0v) is 20.1. The molecule has 0 aromatic carbocycles. The van der Waals surface area contributed by atoms with Crippen LogP contribution in [-0.2, 0) is 4.79 Å². The highest BCUT2D eigenvalue weighted by atomic mass is 35.5. The molecule has 0 spiro atoms. The van der Waals surface area contributed by atoms with Gasteiger partial charge in [-0.3, -0.25) is 5.32 Å². The molecular weight excluding hydrogens is 444 g/mol. The van der Waals surface area contributed by atoms with Crippen molar-refractivity contribution in [3.05, 3.63) is 6.20 Å². The number of amides is 2. The van der Waals surface area contributed by atoms with Gasteiger partial charge in [0.05, 0.1) is 28.6 Å². The van der Waals surface area contributed by atoms with Gasteiger partial charge in [-0.05, 0) is 44.4 Å². The number of thiazole rings is 1. The first-order valence-electron chi connectivity index (χ1n) is 10.7. The predicted octanol–water partition coefficient (Wildman–Crippen LogP) is 3.14. The lowest BCUT2D eigenvalue weighted by molar-refractivity contribution is -0.400. The molecule has 1 aromatic heterocycles. The summed E-state index contributed by atoms with van der Waals surface area (Å²) < 4.78 is 0.894. The molecule has 2 amide bonds. The molecule has 2 aliphatic carbocycles. The Kier molecular flexibility index (Phi) is 10.2. The van der Waals surface area contributed by atoms with Gasteiger partial charge in [0.15, 0.2) is 11.2 Å². The predicted molar refractivity (Wildman–Crippen MR) is 119 cm³/mol. The number of aromatic nitrogens is 1. The van der Waals surface area contributed by atoms with Gasteiger partial charge in [0.1, 0.15) is 0 Å². The van der Waals surface area contributed by atoms with Crippen molar-refractivity contribution in [1.82, 2.24) is 9.88 Å². The second-order valence-electron chi connectivity index (χ2n) is 8.37. The van der Waals surface area contributed by atoms with Crippen molar-refractivity contribution >= 4 is 40.2 Å². The van der Waals surface area contributed by atoms with E-state index in [9.17, 15) is 9.59 Å². The number of thioether (sulfide) groups is 1. The Balaban J connectivity index is 0.00000320. The van der Waals surface area contributed by atoms with Gasteiger partial charge in [-0.25, -0.2) is 14.6 Å². The number of rotatable bonds is 7. The fraction of sp³-hybridized carbons (Fsp3) is 0.750. The van der Waals surface area contributed by atoms with Crippen LogP contribution in [0.2, 0.25) is 0 Å². The fourth-order valence-corrected chi connectivity index (χ4v) is 6.16. The highest BCUT2D eigenvalue weighted by Crippen LogP contribution is 2.34. The normalized spacial score (nSPS) is 23.3. The second kappa shape index (κ2) is 12.1. The number of carboxylic acid groups (broad SMARTS) is 1. The van der Waals surface area contributed by atoms with Gasteiger partial charge in [0, 0.05) is 12.1 Å². The number of nitrogens with zero attached hydrogens (tertiary/aromatic N) is 2. The summed E-state index contributed by atoms with van der Waals surface area (Å²) in [5.41, 5.74) is 3.63. The summed E-state index contributed by atoms with van der Waals surface area (Å²) in [6, 6.07) is -0.0254. The van der Waals surface area contributed by atoms with E-state index in [1.165, 1.54) is 55.2 Å². The van der Waals surface area contributed by atoms with Crippen LogP contribution in [0, 0.1) is 18.3 Å². The molecular formula is C20H35ClN4O3S2+2. The van der Waals surface area contributed by atoms with Gasteiger partial charge in [-0.2, -0.15) is 0 Å². The summed E-state index contributed by atoms with van der Waals surface area (Å²) in [7, 11) is 0. The van der Waals surface area contributed by atoms with Gasteiger partial charge < -0.3 is 15.7 Å². The summed E-state index contributed by atoms with van der Waals surface area (Å²) in [4.78, 5) is 30.6. The average molecular weight is 479 g/mol. The molecule has 1 atom stereocenters. The van der Waals surface area contributed by atoms with Crippen LogP contribution in [0.5, 0.6) is 0 Å². The number of carbonyl (C=O) groups is 2. The first-order valence-corrected chi connectivity index (χ1v) is 12.5. The van der Waals surface area contributed by atoms with E-state index in [-0.39, 0.29) is 18.4 Å². The molecule has 2 aliphatic rings. The Morgan fingerprint density at radius 3 is 2.50 bits per heavy atom. The highest BCUT2D eigenvalue weighted by molar-refractivity contribution is 8.01. The molecule has 5 N–H and O–H groups in total. The van der Waals surface area contributed by atoms with E-state index in [1.54, 1.807) is 6.20 Å². The average Bonchev–Trinajstić information content (AvgIpc) is 3.15. The Bertz CT molecular complexity index is 691. The first-order chi connectivity index (χ1) is 13.9. The Morgan fingerprint density at radius 1 is 1.23 bits per heavy atom. The molecule has 0 aliphatic heterocycles. The lowest BCUT2D eigenvalue weighted by atomic mass is 9.84. The number of carbonyl (C=O) groups excluding carboxylic acids is 1. The van der Waals surface area contributed by atoms with Crippen molar-refractivity contribution < 1.29 is 32.8 Å². The van der Waals surface area contributed by atoms with Gasteiger partial charge >= 0.3 is 12.0 Å². The third-order valence-electron chi connectivity index (χ3n) is 6.06. The molecule has 30 heavy (non-hydrogen) atoms. The lowest BCUT2D eigenvalue weighted by Crippen LogP contribution is -2.66. The molecule has 10 heteroatoms. The smallest absolute Gasteiger partial charge is 0.363 e. The zero-order chi connectivity index (χ0) is 20.8. The number of hydrogen-bond donors (Lipinski definition) is 3. The quantitative estimate of drug-likeness (QED) is 0.521. The van der Waals surface area contributed by atoms with Crippen LogP contribution in [0.15, 0.2) is 10.4 Å². The highest BCUT2D eigenvalue weighted by Gasteiger charge is 2.34. The van der Waals surface area contributed by atoms with Gasteiger partial charge in [-0.15, -0.1) is 11.8 Å². The van der Waals surface area contributed by atoms with E-state index in [1.807, 2.05) is 0 Å². The molecule has 0 bridgehead atoms. The van der Waals surface area contributed by atoms with Crippen molar-refractivity contribution in [1.29, 1.82) is 0 Å². The summed E-state index contributed by atoms with van der Waals surface area (Å²) in [5.74, 6) is 0.239. The number of anilines is 1. The lowest BCUT2D eigenvalue weighted by Gasteiger charge is -2.42. The SMILES string of the molecule is CC1CCC(N(C(=O)Nc2ncc(SC[C@@H]([NH3+])C(=O)O)s2)C2CCCCC2)CC1.[ClH2+]. The molecule has 7 nitrogen and oxygen atoms in total. The summed E-state index contributed by atoms with van der Waals surface area (Å²) in [6.45, 7) is 2.30. The second-order valence-corrected chi connectivity index (χ2v) is 10.7. The van der Waals surface area contributed by atoms with E-state index in [4.69, 9.17) is 5.11 Å². The maximum atomic E-state index is 13.2. The Morgan fingerprint density at radius 2 is 1.87 bits per heavy atom. The number of aliphatic carboxylic acids is 1. The van der Waals surface area contributed by atoms with Crippen molar-refractivity contribution in [3.63, 3.8) is 0 Å². The zero-order valence-electron chi connectivity index (χ0n) is 17.6. The minimum absolute atomic E-state index is 0. The molecule has 3 rings (SSSR count). The van der Waals surface area contributed by atoms with E-state index in [0.717, 1.165) is 35.8 Å². The monoisotopic (exact) mass is 478 g/mol. The van der Waals surface area contributed by atoms with Crippen LogP contribution in [0.25, 0.3) is 0 Å². The number of nitrogens with one attached hydrogen (secondary N) is 1. The van der Waals surface area contributed by atoms with Crippen LogP contribution in [-0.4, -0.2) is 50.9 Å². The maximum Gasteiger partial charge on any atom is 0.363 e. The number of hydrogen-bond acceptors (Lipinski definition) is 5. The van der Waals surface area contributed by atoms with Crippen LogP contribution in [0.3, 0.4) is 0 Å². The summed E-state index contributed by atoms with van der Waals surface area (Å²) in [5, 5.41) is 12.6. The molecule has 2 fully saturated rings. The minimum atomic E-state index is -0.902. The van der Waals surface area contributed by atoms with E-state index in [2.05, 4.69) is 27.9 Å². The van der Waals surface area contributed by atoms with Crippen molar-refractivity contribution in [2.75, 3.05) is 11.1 Å². The standard InChI is InChI=1S/C20H32N4O3S2.ClH2/c1-13-7-9-15(10-8-13)24(14-5-3-2-4-6-14)20(27)23-19-22-11-17(29-19)28-12-16(21)18(25)26;/h11,13-16H,2-10,12,21H2,1H3,(H,25,26)(H,22,23,27);1H2/q;+1/p+1/t13?,15?,16-;/m1./s1. The largest absolute Gasteiger partial charge is 0.477 e. The van der Waals surface area contributed by atoms with Crippen LogP contribution < -0.4 is 11.1 Å². The number of carboxylic acids is 1. The Hall–Kier alpha value is -1.03. The fourth-order valence-electron chi connectivity index (χ4n) is 4.30. The molecule has 1 aromatic rings. The third-order valence-corrected chi connectivity index (χ3v) is 8.33. The number of halogens is 1. The van der Waals surface area contributed by atoms with Crippen molar-refractivity contribution in [2.45, 2.75) is 87.0 Å². The van der Waals surface area contributed by atoms with E-state index >= 15 is 0 Å². The topological polar surface area (TPSA) is 110 Å². The number of quaternary nitrogens is 1. The van der Waals surface area contributed by atoms with Crippen LogP contribution >= 0.6 is 23.1 Å². The molecule has 0 saturated heterocycles. The van der Waals surface area contributed by atoms with Gasteiger partial charge in [0.2, 0.25) is 0 Å². The third kappa shape index (κ3) is 7.00. The molecule has 1 heterocycles. The van der Waals surface area contributed by atoms with Crippen molar-refractivity contribution in [2.24, 2.45) is 5.92 Å². The van der Waals surface area contributed by atoms with Gasteiger partial charge in [0.25, 0.3) is 0 Å². The Labute approximate surface area is 193 Å². The summed E-state index contributed by atoms with van der Waals surface area (Å²) >= 11 is 2.82. The van der Waals surface area contributed by atoms with Gasteiger partial charge in [-0.1, -0.05) is 37.5 Å². The summed E-state index contributed by atoms with van der Waals surface area (Å²) in [6.07, 6.45) is 12.1. The minimum Gasteiger partial charge on any atom is -0.477 e. The first kappa shape index (κ1) is 25.2. The molecule has 170 valence electrons. The van der Waals surface area contributed by atoms with Crippen LogP contribution in [0.4, 0.5) is 9.93 Å². The van der Waals surface area contributed by atoms with E-state index < -0.39 is 12.0 Å². The van der Waals surface area contributed by atoms with E-state index in [0.29, 0.717) is 23.0 Å². The molecule has 2 saturated carbocycles. The van der Waals surface area contributed by atoms with Crippen molar-refractivity contribution in [3.8, 4) is 0 Å². The molecule has 0 radical (unpaired) electrons. The molecule has 0 unspecified atom stereocenters. The number of urea groups is 1.